The van der Waals surface area contributed by atoms with E-state index in [1.165, 1.54) is 5.00 Å². The molecule has 1 fully saturated rings. The van der Waals surface area contributed by atoms with E-state index in [0.717, 1.165) is 31.2 Å². The minimum atomic E-state index is -1.50. The van der Waals surface area contributed by atoms with Gasteiger partial charge in [0.25, 0.3) is 5.09 Å². The van der Waals surface area contributed by atoms with Crippen LogP contribution in [0.2, 0.25) is 0 Å². The van der Waals surface area contributed by atoms with Crippen LogP contribution in [0, 0.1) is 10.1 Å². The second kappa shape index (κ2) is 8.71. The van der Waals surface area contributed by atoms with Crippen molar-refractivity contribution in [2.24, 2.45) is 21.7 Å². The van der Waals surface area contributed by atoms with E-state index in [0.29, 0.717) is 0 Å². The lowest BCUT2D eigenvalue weighted by molar-refractivity contribution is -0.742. The molecule has 2 rings (SSSR count). The molecule has 5 N–H and O–H groups in total. The van der Waals surface area contributed by atoms with Crippen molar-refractivity contribution in [3.8, 4) is 0 Å². The number of anilines is 1. The van der Waals surface area contributed by atoms with Crippen LogP contribution in [0.4, 0.5) is 5.00 Å². The molecule has 0 aromatic carbocycles. The van der Waals surface area contributed by atoms with Gasteiger partial charge < -0.3 is 26.3 Å². The Labute approximate surface area is 124 Å². The average Bonchev–Trinajstić information content (AvgIpc) is 2.87. The third-order valence-electron chi connectivity index (χ3n) is 2.29. The maximum Gasteiger partial charge on any atom is 0.291 e. The first-order valence-corrected chi connectivity index (χ1v) is 6.68. The molecule has 1 aliphatic heterocycles. The molecule has 0 bridgehead atoms. The summed E-state index contributed by atoms with van der Waals surface area (Å²) in [4.78, 5) is 11.7. The molecular weight excluding hydrogens is 300 g/mol. The second-order valence-electron chi connectivity index (χ2n) is 3.78. The fraction of sp³-hybridized carbons (Fsp3) is 0.400. The molecule has 2 heterocycles. The van der Waals surface area contributed by atoms with Crippen molar-refractivity contribution in [1.82, 2.24) is 0 Å². The third kappa shape index (κ3) is 7.08. The normalized spacial score (nSPS) is 14.4. The standard InChI is InChI=1S/C10H15N5OS.HNO3/c11-10(12)14-13-7-8-1-2-9(17-8)15-3-5-16-6-4-15;2-1(3)4/h1-2,7H,3-6H2,(H4,11,12,14);(H,2,3,4)/b13-7+;. The molecule has 116 valence electrons. The zero-order valence-electron chi connectivity index (χ0n) is 11.1. The largest absolute Gasteiger partial charge is 0.378 e. The second-order valence-corrected chi connectivity index (χ2v) is 4.88. The summed E-state index contributed by atoms with van der Waals surface area (Å²) in [6, 6.07) is 4.08. The topological polar surface area (TPSA) is 153 Å². The third-order valence-corrected chi connectivity index (χ3v) is 3.37. The smallest absolute Gasteiger partial charge is 0.291 e. The molecule has 21 heavy (non-hydrogen) atoms. The summed E-state index contributed by atoms with van der Waals surface area (Å²) >= 11 is 1.66. The van der Waals surface area contributed by atoms with Crippen LogP contribution in [0.25, 0.3) is 0 Å². The van der Waals surface area contributed by atoms with E-state index < -0.39 is 5.09 Å². The maximum atomic E-state index is 8.36. The summed E-state index contributed by atoms with van der Waals surface area (Å²) in [6.07, 6.45) is 1.65. The monoisotopic (exact) mass is 316 g/mol. The molecule has 0 aliphatic carbocycles. The van der Waals surface area contributed by atoms with E-state index in [1.807, 2.05) is 6.07 Å². The van der Waals surface area contributed by atoms with Crippen LogP contribution in [-0.2, 0) is 4.74 Å². The summed E-state index contributed by atoms with van der Waals surface area (Å²) in [5.74, 6) is -0.0359. The molecule has 0 unspecified atom stereocenters. The predicted molar refractivity (Wildman–Crippen MR) is 79.5 cm³/mol. The van der Waals surface area contributed by atoms with Gasteiger partial charge in [0.2, 0.25) is 5.96 Å². The lowest BCUT2D eigenvalue weighted by atomic mass is 10.4. The van der Waals surface area contributed by atoms with Gasteiger partial charge in [0.1, 0.15) is 0 Å². The van der Waals surface area contributed by atoms with E-state index in [1.54, 1.807) is 17.6 Å². The number of nitrogens with two attached hydrogens (primary N) is 2. The van der Waals surface area contributed by atoms with Crippen LogP contribution in [0.5, 0.6) is 0 Å². The van der Waals surface area contributed by atoms with Gasteiger partial charge in [-0.3, -0.25) is 0 Å². The molecule has 10 nitrogen and oxygen atoms in total. The van der Waals surface area contributed by atoms with E-state index >= 15 is 0 Å². The Morgan fingerprint density at radius 3 is 2.67 bits per heavy atom. The molecule has 11 heteroatoms. The minimum absolute atomic E-state index is 0.0359. The van der Waals surface area contributed by atoms with E-state index in [-0.39, 0.29) is 5.96 Å². The zero-order valence-corrected chi connectivity index (χ0v) is 11.9. The van der Waals surface area contributed by atoms with Gasteiger partial charge in [-0.15, -0.1) is 26.6 Å². The van der Waals surface area contributed by atoms with Crippen LogP contribution in [0.15, 0.2) is 22.3 Å². The summed E-state index contributed by atoms with van der Waals surface area (Å²) < 4.78 is 5.31. The van der Waals surface area contributed by atoms with Crippen molar-refractivity contribution in [1.29, 1.82) is 0 Å². The van der Waals surface area contributed by atoms with Crippen molar-refractivity contribution in [2.75, 3.05) is 31.2 Å². The predicted octanol–water partition coefficient (Wildman–Crippen LogP) is -0.156. The number of nitrogens with zero attached hydrogens (tertiary/aromatic N) is 4. The van der Waals surface area contributed by atoms with Crippen molar-refractivity contribution in [2.45, 2.75) is 0 Å². The summed E-state index contributed by atoms with van der Waals surface area (Å²) in [5, 5.41) is 22.2. The van der Waals surface area contributed by atoms with Gasteiger partial charge in [0.05, 0.1) is 24.4 Å². The number of rotatable bonds is 3. The van der Waals surface area contributed by atoms with Crippen molar-refractivity contribution in [3.63, 3.8) is 0 Å². The van der Waals surface area contributed by atoms with Crippen molar-refractivity contribution < 1.29 is 15.0 Å². The molecular formula is C10H16N6O4S. The maximum absolute atomic E-state index is 8.36. The van der Waals surface area contributed by atoms with Gasteiger partial charge in [-0.25, -0.2) is 0 Å². The van der Waals surface area contributed by atoms with Crippen molar-refractivity contribution in [3.05, 3.63) is 27.1 Å². The zero-order chi connectivity index (χ0) is 15.7. The molecule has 1 aromatic heterocycles. The molecule has 1 aliphatic rings. The first-order valence-electron chi connectivity index (χ1n) is 5.87. The van der Waals surface area contributed by atoms with Crippen LogP contribution < -0.4 is 16.4 Å². The highest BCUT2D eigenvalue weighted by atomic mass is 32.1. The Kier molecular flexibility index (Phi) is 6.91. The number of guanidine groups is 1. The molecule has 0 spiro atoms. The van der Waals surface area contributed by atoms with Crippen LogP contribution in [0.3, 0.4) is 0 Å². The first-order chi connectivity index (χ1) is 9.99. The lowest BCUT2D eigenvalue weighted by Crippen LogP contribution is -2.35. The van der Waals surface area contributed by atoms with E-state index in [9.17, 15) is 0 Å². The molecule has 0 amide bonds. The van der Waals surface area contributed by atoms with Gasteiger partial charge in [-0.05, 0) is 12.1 Å². The van der Waals surface area contributed by atoms with Gasteiger partial charge in [0, 0.05) is 18.0 Å². The highest BCUT2D eigenvalue weighted by Crippen LogP contribution is 2.25. The molecule has 1 aromatic rings. The van der Waals surface area contributed by atoms with Gasteiger partial charge in [-0.1, -0.05) is 0 Å². The highest BCUT2D eigenvalue weighted by molar-refractivity contribution is 7.17. The number of hydrogen-bond acceptors (Lipinski definition) is 7. The Balaban J connectivity index is 0.000000491. The first kappa shape index (κ1) is 16.7. The van der Waals surface area contributed by atoms with Gasteiger partial charge in [-0.2, -0.15) is 5.10 Å². The number of morpholine rings is 1. The SMILES string of the molecule is NC(N)=N/N=C/c1ccc(N2CCOCC2)s1.O=[N+]([O-])O. The highest BCUT2D eigenvalue weighted by Gasteiger charge is 2.12. The fourth-order valence-corrected chi connectivity index (χ4v) is 2.44. The van der Waals surface area contributed by atoms with Gasteiger partial charge >= 0.3 is 0 Å². The molecule has 0 saturated carbocycles. The fourth-order valence-electron chi connectivity index (χ4n) is 1.52. The van der Waals surface area contributed by atoms with E-state index in [4.69, 9.17) is 31.5 Å². The van der Waals surface area contributed by atoms with Crippen LogP contribution in [0.1, 0.15) is 4.88 Å². The number of ether oxygens (including phenoxy) is 1. The molecule has 0 radical (unpaired) electrons. The molecule has 1 saturated heterocycles. The quantitative estimate of drug-likeness (QED) is 0.303. The summed E-state index contributed by atoms with van der Waals surface area (Å²) in [7, 11) is 0. The lowest BCUT2D eigenvalue weighted by Gasteiger charge is -2.27. The Bertz CT molecular complexity index is 503. The summed E-state index contributed by atoms with van der Waals surface area (Å²) in [5.41, 5.74) is 10.3. The Morgan fingerprint density at radius 2 is 2.10 bits per heavy atom. The number of thiophene rings is 1. The van der Waals surface area contributed by atoms with Gasteiger partial charge in [0.15, 0.2) is 0 Å². The van der Waals surface area contributed by atoms with Crippen LogP contribution >= 0.6 is 11.3 Å². The summed E-state index contributed by atoms with van der Waals surface area (Å²) in [6.45, 7) is 3.45. The molecule has 0 atom stereocenters. The minimum Gasteiger partial charge on any atom is -0.378 e. The Morgan fingerprint density at radius 1 is 1.48 bits per heavy atom. The number of hydrogen-bond donors (Lipinski definition) is 3. The van der Waals surface area contributed by atoms with Crippen molar-refractivity contribution >= 4 is 28.5 Å². The average molecular weight is 316 g/mol. The van der Waals surface area contributed by atoms with Crippen LogP contribution in [-0.4, -0.2) is 48.8 Å². The van der Waals surface area contributed by atoms with E-state index in [2.05, 4.69) is 21.2 Å². The Hall–Kier alpha value is -2.40.